The monoisotopic (exact) mass is 411 g/mol. The topological polar surface area (TPSA) is 89.6 Å². The van der Waals surface area contributed by atoms with E-state index in [0.717, 1.165) is 6.42 Å². The number of thiazole rings is 1. The molecular weight excluding hydrogens is 390 g/mol. The molecule has 0 fully saturated rings. The highest BCUT2D eigenvalue weighted by Gasteiger charge is 2.15. The van der Waals surface area contributed by atoms with Crippen molar-refractivity contribution in [2.45, 2.75) is 13.3 Å². The molecule has 0 radical (unpaired) electrons. The van der Waals surface area contributed by atoms with E-state index in [1.807, 2.05) is 19.1 Å². The van der Waals surface area contributed by atoms with E-state index < -0.39 is 0 Å². The normalized spacial score (nSPS) is 10.3. The fourth-order valence-corrected chi connectivity index (χ4v) is 3.13. The molecule has 8 heteroatoms. The summed E-state index contributed by atoms with van der Waals surface area (Å²) in [5.41, 5.74) is 1.25. The largest absolute Gasteiger partial charge is 0.497 e. The maximum atomic E-state index is 12.5. The predicted molar refractivity (Wildman–Crippen MR) is 113 cm³/mol. The number of benzene rings is 2. The summed E-state index contributed by atoms with van der Waals surface area (Å²) >= 11 is 1.18. The number of anilines is 2. The average Bonchev–Trinajstić information content (AvgIpc) is 3.21. The minimum atomic E-state index is -0.376. The maximum Gasteiger partial charge on any atom is 0.275 e. The highest BCUT2D eigenvalue weighted by atomic mass is 32.1. The molecule has 2 amide bonds. The van der Waals surface area contributed by atoms with E-state index in [1.165, 1.54) is 11.3 Å². The summed E-state index contributed by atoms with van der Waals surface area (Å²) in [6.07, 6.45) is 0.867. The first kappa shape index (κ1) is 20.3. The van der Waals surface area contributed by atoms with Gasteiger partial charge in [-0.05, 0) is 42.8 Å². The minimum Gasteiger partial charge on any atom is -0.497 e. The van der Waals surface area contributed by atoms with Gasteiger partial charge in [-0.3, -0.25) is 14.9 Å². The molecule has 1 aromatic heterocycles. The Hall–Kier alpha value is -3.39. The third-order valence-corrected chi connectivity index (χ3v) is 4.66. The van der Waals surface area contributed by atoms with Crippen molar-refractivity contribution in [1.82, 2.24) is 4.98 Å². The molecule has 3 aromatic rings. The van der Waals surface area contributed by atoms with Crippen molar-refractivity contribution < 1.29 is 19.1 Å². The molecule has 0 saturated carbocycles. The first-order chi connectivity index (χ1) is 14.1. The van der Waals surface area contributed by atoms with Crippen LogP contribution in [0.1, 0.15) is 34.2 Å². The van der Waals surface area contributed by atoms with Crippen molar-refractivity contribution in [3.05, 3.63) is 65.2 Å². The van der Waals surface area contributed by atoms with Crippen molar-refractivity contribution in [2.24, 2.45) is 0 Å². The number of amides is 2. The molecule has 0 aliphatic carbocycles. The van der Waals surface area contributed by atoms with Gasteiger partial charge in [-0.2, -0.15) is 0 Å². The van der Waals surface area contributed by atoms with Crippen LogP contribution in [0, 0.1) is 0 Å². The van der Waals surface area contributed by atoms with Crippen LogP contribution >= 0.6 is 11.3 Å². The number of carbonyl (C=O) groups excluding carboxylic acids is 2. The molecule has 0 saturated heterocycles. The van der Waals surface area contributed by atoms with Crippen LogP contribution in [-0.4, -0.2) is 30.5 Å². The Morgan fingerprint density at radius 2 is 1.79 bits per heavy atom. The SMILES string of the molecule is CCCOc1ccccc1NC(=O)c1csc(NC(=O)c2ccc(OC)cc2)n1. The zero-order valence-corrected chi connectivity index (χ0v) is 16.9. The molecule has 0 bridgehead atoms. The van der Waals surface area contributed by atoms with Crippen LogP contribution in [0.5, 0.6) is 11.5 Å². The standard InChI is InChI=1S/C21H21N3O4S/c1-3-12-28-18-7-5-4-6-16(18)22-20(26)17-13-29-21(23-17)24-19(25)14-8-10-15(27-2)11-9-14/h4-11,13H,3,12H2,1-2H3,(H,22,26)(H,23,24,25). The number of rotatable bonds is 8. The number of methoxy groups -OCH3 is 1. The molecule has 2 N–H and O–H groups in total. The highest BCUT2D eigenvalue weighted by molar-refractivity contribution is 7.14. The van der Waals surface area contributed by atoms with Crippen LogP contribution in [-0.2, 0) is 0 Å². The summed E-state index contributed by atoms with van der Waals surface area (Å²) in [5.74, 6) is 0.579. The molecule has 3 rings (SSSR count). The lowest BCUT2D eigenvalue weighted by Gasteiger charge is -2.11. The third kappa shape index (κ3) is 5.32. The van der Waals surface area contributed by atoms with Gasteiger partial charge in [-0.1, -0.05) is 19.1 Å². The number of carbonyl (C=O) groups is 2. The molecule has 29 heavy (non-hydrogen) atoms. The first-order valence-corrected chi connectivity index (χ1v) is 9.92. The van der Waals surface area contributed by atoms with Gasteiger partial charge in [0.2, 0.25) is 0 Å². The van der Waals surface area contributed by atoms with Gasteiger partial charge >= 0.3 is 0 Å². The predicted octanol–water partition coefficient (Wildman–Crippen LogP) is 4.45. The van der Waals surface area contributed by atoms with E-state index in [2.05, 4.69) is 15.6 Å². The second-order valence-electron chi connectivity index (χ2n) is 6.02. The lowest BCUT2D eigenvalue weighted by molar-refractivity contribution is 0.101. The van der Waals surface area contributed by atoms with Gasteiger partial charge in [0.25, 0.3) is 11.8 Å². The van der Waals surface area contributed by atoms with Crippen LogP contribution in [0.4, 0.5) is 10.8 Å². The molecule has 0 unspecified atom stereocenters. The summed E-state index contributed by atoms with van der Waals surface area (Å²) in [5, 5.41) is 7.43. The Kier molecular flexibility index (Phi) is 6.80. The second-order valence-corrected chi connectivity index (χ2v) is 6.88. The summed E-state index contributed by atoms with van der Waals surface area (Å²) in [6, 6.07) is 13.9. The smallest absolute Gasteiger partial charge is 0.275 e. The zero-order chi connectivity index (χ0) is 20.6. The second kappa shape index (κ2) is 9.70. The third-order valence-electron chi connectivity index (χ3n) is 3.91. The number of hydrogen-bond donors (Lipinski definition) is 2. The molecule has 2 aromatic carbocycles. The van der Waals surface area contributed by atoms with Crippen LogP contribution in [0.2, 0.25) is 0 Å². The van der Waals surface area contributed by atoms with E-state index in [1.54, 1.807) is 48.9 Å². The van der Waals surface area contributed by atoms with Gasteiger partial charge < -0.3 is 14.8 Å². The Balaban J connectivity index is 1.65. The van der Waals surface area contributed by atoms with Crippen molar-refractivity contribution >= 4 is 34.0 Å². The summed E-state index contributed by atoms with van der Waals surface area (Å²) in [7, 11) is 1.56. The summed E-state index contributed by atoms with van der Waals surface area (Å²) in [4.78, 5) is 29.1. The van der Waals surface area contributed by atoms with Crippen LogP contribution in [0.15, 0.2) is 53.9 Å². The van der Waals surface area contributed by atoms with E-state index in [4.69, 9.17) is 9.47 Å². The van der Waals surface area contributed by atoms with Crippen molar-refractivity contribution in [3.63, 3.8) is 0 Å². The number of para-hydroxylation sites is 2. The molecule has 0 atom stereocenters. The molecule has 1 heterocycles. The molecular formula is C21H21N3O4S. The number of ether oxygens (including phenoxy) is 2. The first-order valence-electron chi connectivity index (χ1n) is 9.04. The van der Waals surface area contributed by atoms with Crippen molar-refractivity contribution in [3.8, 4) is 11.5 Å². The van der Waals surface area contributed by atoms with Crippen LogP contribution in [0.3, 0.4) is 0 Å². The van der Waals surface area contributed by atoms with E-state index in [0.29, 0.717) is 34.5 Å². The zero-order valence-electron chi connectivity index (χ0n) is 16.1. The van der Waals surface area contributed by atoms with E-state index >= 15 is 0 Å². The van der Waals surface area contributed by atoms with Crippen LogP contribution < -0.4 is 20.1 Å². The van der Waals surface area contributed by atoms with Gasteiger partial charge in [0.05, 0.1) is 19.4 Å². The number of nitrogens with zero attached hydrogens (tertiary/aromatic N) is 1. The van der Waals surface area contributed by atoms with E-state index in [9.17, 15) is 9.59 Å². The molecule has 0 aliphatic rings. The van der Waals surface area contributed by atoms with Crippen molar-refractivity contribution in [1.29, 1.82) is 0 Å². The molecule has 0 spiro atoms. The van der Waals surface area contributed by atoms with Gasteiger partial charge in [0, 0.05) is 10.9 Å². The number of aromatic nitrogens is 1. The van der Waals surface area contributed by atoms with Gasteiger partial charge in [0.1, 0.15) is 17.2 Å². The van der Waals surface area contributed by atoms with Gasteiger partial charge in [-0.25, -0.2) is 4.98 Å². The fourth-order valence-electron chi connectivity index (χ4n) is 2.44. The Labute approximate surface area is 172 Å². The Morgan fingerprint density at radius 3 is 2.52 bits per heavy atom. The lowest BCUT2D eigenvalue weighted by atomic mass is 10.2. The molecule has 0 aliphatic heterocycles. The molecule has 7 nitrogen and oxygen atoms in total. The van der Waals surface area contributed by atoms with Crippen molar-refractivity contribution in [2.75, 3.05) is 24.4 Å². The lowest BCUT2D eigenvalue weighted by Crippen LogP contribution is -2.15. The number of nitrogens with one attached hydrogen (secondary N) is 2. The fraction of sp³-hybridized carbons (Fsp3) is 0.190. The van der Waals surface area contributed by atoms with Gasteiger partial charge in [0.15, 0.2) is 5.13 Å². The quantitative estimate of drug-likeness (QED) is 0.572. The number of hydrogen-bond acceptors (Lipinski definition) is 6. The van der Waals surface area contributed by atoms with Crippen LogP contribution in [0.25, 0.3) is 0 Å². The van der Waals surface area contributed by atoms with Gasteiger partial charge in [-0.15, -0.1) is 11.3 Å². The maximum absolute atomic E-state index is 12.5. The van der Waals surface area contributed by atoms with E-state index in [-0.39, 0.29) is 17.5 Å². The highest BCUT2D eigenvalue weighted by Crippen LogP contribution is 2.25. The Bertz CT molecular complexity index is 986. The summed E-state index contributed by atoms with van der Waals surface area (Å²) in [6.45, 7) is 2.57. The summed E-state index contributed by atoms with van der Waals surface area (Å²) < 4.78 is 10.7. The minimum absolute atomic E-state index is 0.213. The molecule has 150 valence electrons. The average molecular weight is 411 g/mol. The Morgan fingerprint density at radius 1 is 1.03 bits per heavy atom.